The molecule has 3 heterocycles. The van der Waals surface area contributed by atoms with Crippen molar-refractivity contribution in [3.63, 3.8) is 0 Å². The van der Waals surface area contributed by atoms with Crippen LogP contribution in [0.2, 0.25) is 0 Å². The Morgan fingerprint density at radius 1 is 1.07 bits per heavy atom. The average Bonchev–Trinajstić information content (AvgIpc) is 3.20. The molecule has 4 aliphatic rings. The lowest BCUT2D eigenvalue weighted by atomic mass is 9.52. The van der Waals surface area contributed by atoms with E-state index in [2.05, 4.69) is 25.1 Å². The molecule has 3 fully saturated rings. The van der Waals surface area contributed by atoms with Gasteiger partial charge in [-0.15, -0.1) is 10.2 Å². The van der Waals surface area contributed by atoms with Gasteiger partial charge in [-0.3, -0.25) is 4.79 Å². The van der Waals surface area contributed by atoms with Crippen molar-refractivity contribution in [2.24, 2.45) is 16.8 Å². The third-order valence-corrected chi connectivity index (χ3v) is 5.94. The predicted octanol–water partition coefficient (Wildman–Crippen LogP) is 3.24. The summed E-state index contributed by atoms with van der Waals surface area (Å²) in [7, 11) is 0. The van der Waals surface area contributed by atoms with Crippen LogP contribution in [0.15, 0.2) is 47.7 Å². The Morgan fingerprint density at radius 2 is 1.93 bits per heavy atom. The lowest BCUT2D eigenvalue weighted by Crippen LogP contribution is -2.51. The molecular formula is C20H16N6O. The number of aliphatic imine (C=N–C) groups is 1. The first-order valence-electron chi connectivity index (χ1n) is 9.13. The molecule has 3 aromatic rings. The summed E-state index contributed by atoms with van der Waals surface area (Å²) < 4.78 is 2.17. The molecule has 7 heteroatoms. The molecule has 1 aromatic carbocycles. The molecule has 0 atom stereocenters. The van der Waals surface area contributed by atoms with Crippen LogP contribution in [0.25, 0.3) is 11.5 Å². The van der Waals surface area contributed by atoms with Crippen molar-refractivity contribution in [2.45, 2.75) is 18.9 Å². The first kappa shape index (κ1) is 14.8. The van der Waals surface area contributed by atoms with E-state index in [1.54, 1.807) is 6.21 Å². The Bertz CT molecular complexity index is 1100. The van der Waals surface area contributed by atoms with Crippen LogP contribution in [0.3, 0.4) is 0 Å². The van der Waals surface area contributed by atoms with Gasteiger partial charge in [0.1, 0.15) is 17.8 Å². The van der Waals surface area contributed by atoms with Crippen molar-refractivity contribution in [3.8, 4) is 11.5 Å². The highest BCUT2D eigenvalue weighted by Gasteiger charge is 2.54. The van der Waals surface area contributed by atoms with Crippen molar-refractivity contribution in [2.75, 3.05) is 5.32 Å². The fourth-order valence-electron chi connectivity index (χ4n) is 4.34. The van der Waals surface area contributed by atoms with E-state index in [9.17, 15) is 4.79 Å². The van der Waals surface area contributed by atoms with Crippen LogP contribution in [0.1, 0.15) is 34.8 Å². The largest absolute Gasteiger partial charge is 0.340 e. The first-order valence-corrected chi connectivity index (χ1v) is 9.13. The summed E-state index contributed by atoms with van der Waals surface area (Å²) in [6.45, 7) is 0. The molecule has 0 saturated heterocycles. The van der Waals surface area contributed by atoms with E-state index in [0.29, 0.717) is 23.1 Å². The van der Waals surface area contributed by atoms with Gasteiger partial charge in [-0.2, -0.15) is 0 Å². The second kappa shape index (κ2) is 5.33. The number of aromatic nitrogens is 4. The third-order valence-electron chi connectivity index (χ3n) is 5.94. The molecule has 1 aliphatic heterocycles. The maximum Gasteiger partial charge on any atom is 0.279 e. The second-order valence-electron chi connectivity index (χ2n) is 7.41. The summed E-state index contributed by atoms with van der Waals surface area (Å²) in [5, 5.41) is 11.7. The van der Waals surface area contributed by atoms with Crippen molar-refractivity contribution in [3.05, 3.63) is 53.9 Å². The fourth-order valence-corrected chi connectivity index (χ4v) is 4.34. The lowest BCUT2D eigenvalue weighted by Gasteiger charge is -2.58. The zero-order chi connectivity index (χ0) is 18.0. The van der Waals surface area contributed by atoms with Gasteiger partial charge in [0, 0.05) is 17.8 Å². The SMILES string of the molecule is O=C1N=Cc2cccc(Nc3cccc(-c4nncn4C4C5CC4C5)n3)c21. The number of hydrogen-bond acceptors (Lipinski definition) is 5. The minimum Gasteiger partial charge on any atom is -0.340 e. The van der Waals surface area contributed by atoms with Gasteiger partial charge in [-0.05, 0) is 42.9 Å². The van der Waals surface area contributed by atoms with E-state index in [4.69, 9.17) is 4.98 Å². The monoisotopic (exact) mass is 356 g/mol. The highest BCUT2D eigenvalue weighted by atomic mass is 16.1. The molecule has 1 N–H and O–H groups in total. The van der Waals surface area contributed by atoms with Gasteiger partial charge in [0.2, 0.25) is 0 Å². The number of benzene rings is 1. The Morgan fingerprint density at radius 3 is 2.74 bits per heavy atom. The molecule has 2 bridgehead atoms. The molecule has 0 unspecified atom stereocenters. The van der Waals surface area contributed by atoms with E-state index in [1.165, 1.54) is 12.8 Å². The number of rotatable bonds is 4. The lowest BCUT2D eigenvalue weighted by molar-refractivity contribution is -0.0666. The van der Waals surface area contributed by atoms with Gasteiger partial charge in [-0.1, -0.05) is 18.2 Å². The van der Waals surface area contributed by atoms with E-state index >= 15 is 0 Å². The zero-order valence-electron chi connectivity index (χ0n) is 14.4. The molecule has 3 aliphatic carbocycles. The number of nitrogens with one attached hydrogen (secondary N) is 1. The van der Waals surface area contributed by atoms with Gasteiger partial charge >= 0.3 is 0 Å². The van der Waals surface area contributed by atoms with Gasteiger partial charge in [0.05, 0.1) is 11.3 Å². The third kappa shape index (κ3) is 2.11. The van der Waals surface area contributed by atoms with Gasteiger partial charge in [0.15, 0.2) is 5.82 Å². The molecule has 2 aromatic heterocycles. The van der Waals surface area contributed by atoms with E-state index in [0.717, 1.165) is 28.9 Å². The number of nitrogens with zero attached hydrogens (tertiary/aromatic N) is 5. The molecule has 0 spiro atoms. The number of fused-ring (bicyclic) bond motifs is 1. The van der Waals surface area contributed by atoms with Gasteiger partial charge < -0.3 is 9.88 Å². The standard InChI is InChI=1S/C20H16N6O/c27-20-17-11(9-21-20)3-1-4-14(17)23-16-6-2-5-15(24-16)19-25-22-10-26(19)18-12-7-13(18)8-12/h1-6,9-10,12-13,18H,7-8H2,(H,23,24). The normalized spacial score (nSPS) is 24.3. The Kier molecular flexibility index (Phi) is 2.92. The zero-order valence-corrected chi connectivity index (χ0v) is 14.4. The average molecular weight is 356 g/mol. The highest BCUT2D eigenvalue weighted by Crippen LogP contribution is 2.61. The van der Waals surface area contributed by atoms with Crippen LogP contribution in [-0.4, -0.2) is 31.9 Å². The van der Waals surface area contributed by atoms with Gasteiger partial charge in [-0.25, -0.2) is 9.98 Å². The van der Waals surface area contributed by atoms with Crippen LogP contribution in [-0.2, 0) is 0 Å². The van der Waals surface area contributed by atoms with E-state index in [1.807, 2.05) is 42.7 Å². The molecule has 3 saturated carbocycles. The number of carbonyl (C=O) groups excluding carboxylic acids is 1. The van der Waals surface area contributed by atoms with Gasteiger partial charge in [0.25, 0.3) is 5.91 Å². The molecule has 132 valence electrons. The molecule has 1 amide bonds. The predicted molar refractivity (Wildman–Crippen MR) is 100 cm³/mol. The Balaban J connectivity index is 1.34. The summed E-state index contributed by atoms with van der Waals surface area (Å²) >= 11 is 0. The number of amides is 1. The Labute approximate surface area is 155 Å². The number of carbonyl (C=O) groups is 1. The van der Waals surface area contributed by atoms with Crippen LogP contribution < -0.4 is 5.32 Å². The fraction of sp³-hybridized carbons (Fsp3) is 0.250. The maximum atomic E-state index is 12.0. The maximum absolute atomic E-state index is 12.0. The number of pyridine rings is 1. The highest BCUT2D eigenvalue weighted by molar-refractivity contribution is 6.16. The number of hydrogen-bond donors (Lipinski definition) is 1. The number of anilines is 2. The summed E-state index contributed by atoms with van der Waals surface area (Å²) in [6.07, 6.45) is 6.07. The molecule has 27 heavy (non-hydrogen) atoms. The first-order chi connectivity index (χ1) is 13.3. The second-order valence-corrected chi connectivity index (χ2v) is 7.41. The van der Waals surface area contributed by atoms with E-state index < -0.39 is 0 Å². The van der Waals surface area contributed by atoms with Crippen LogP contribution in [0.4, 0.5) is 11.5 Å². The van der Waals surface area contributed by atoms with Crippen LogP contribution >= 0.6 is 0 Å². The molecular weight excluding hydrogens is 340 g/mol. The minimum absolute atomic E-state index is 0.229. The quantitative estimate of drug-likeness (QED) is 0.776. The molecule has 0 radical (unpaired) electrons. The summed E-state index contributed by atoms with van der Waals surface area (Å²) in [5.41, 5.74) is 2.90. The molecule has 7 rings (SSSR count). The van der Waals surface area contributed by atoms with Crippen molar-refractivity contribution in [1.29, 1.82) is 0 Å². The van der Waals surface area contributed by atoms with Crippen molar-refractivity contribution >= 4 is 23.6 Å². The van der Waals surface area contributed by atoms with Crippen LogP contribution in [0.5, 0.6) is 0 Å². The summed E-state index contributed by atoms with van der Waals surface area (Å²) in [5.74, 6) is 2.77. The molecule has 7 nitrogen and oxygen atoms in total. The van der Waals surface area contributed by atoms with Crippen molar-refractivity contribution < 1.29 is 4.79 Å². The smallest absolute Gasteiger partial charge is 0.279 e. The van der Waals surface area contributed by atoms with Crippen LogP contribution in [0, 0.1) is 11.8 Å². The summed E-state index contributed by atoms with van der Waals surface area (Å²) in [4.78, 5) is 20.6. The minimum atomic E-state index is -0.229. The topological polar surface area (TPSA) is 85.1 Å². The summed E-state index contributed by atoms with van der Waals surface area (Å²) in [6, 6.07) is 11.9. The Hall–Kier alpha value is -3.35. The van der Waals surface area contributed by atoms with E-state index in [-0.39, 0.29) is 5.91 Å². The van der Waals surface area contributed by atoms with Crippen molar-refractivity contribution in [1.82, 2.24) is 19.7 Å².